The van der Waals surface area contributed by atoms with Crippen LogP contribution in [-0.4, -0.2) is 13.5 Å². The lowest BCUT2D eigenvalue weighted by Crippen LogP contribution is -2.30. The molecule has 164 valence electrons. The molecule has 3 unspecified atom stereocenters. The van der Waals surface area contributed by atoms with Gasteiger partial charge in [0.05, 0.1) is 10.9 Å². The number of hydrogen-bond donors (Lipinski definition) is 3. The summed E-state index contributed by atoms with van der Waals surface area (Å²) in [7, 11) is -3.65. The monoisotopic (exact) mass is 510 g/mol. The first kappa shape index (κ1) is 21.2. The molecule has 3 aromatic rings. The molecule has 0 bridgehead atoms. The molecule has 5 rings (SSSR count). The normalized spacial score (nSPS) is 21.6. The van der Waals surface area contributed by atoms with Crippen molar-refractivity contribution in [3.63, 3.8) is 0 Å². The summed E-state index contributed by atoms with van der Waals surface area (Å²) >= 11 is 3.50. The van der Waals surface area contributed by atoms with E-state index in [1.165, 1.54) is 0 Å². The van der Waals surface area contributed by atoms with Crippen molar-refractivity contribution < 1.29 is 13.5 Å². The number of phenolic OH excluding ortho intramolecular Hbond substituents is 1. The predicted molar refractivity (Wildman–Crippen MR) is 129 cm³/mol. The molecule has 0 amide bonds. The van der Waals surface area contributed by atoms with Gasteiger partial charge in [0.25, 0.3) is 0 Å². The van der Waals surface area contributed by atoms with Crippen molar-refractivity contribution in [2.45, 2.75) is 29.8 Å². The molecule has 1 aliphatic carbocycles. The molecule has 3 N–H and O–H groups in total. The zero-order chi connectivity index (χ0) is 22.3. The van der Waals surface area contributed by atoms with Crippen LogP contribution in [-0.2, 0) is 16.6 Å². The van der Waals surface area contributed by atoms with E-state index >= 15 is 0 Å². The highest BCUT2D eigenvalue weighted by Crippen LogP contribution is 2.51. The van der Waals surface area contributed by atoms with Gasteiger partial charge in [-0.05, 0) is 59.9 Å². The van der Waals surface area contributed by atoms with E-state index in [0.717, 1.165) is 33.3 Å². The molecule has 3 aromatic carbocycles. The smallest absolute Gasteiger partial charge is 0.240 e. The second-order valence-corrected chi connectivity index (χ2v) is 10.9. The maximum absolute atomic E-state index is 13.0. The predicted octanol–water partition coefficient (Wildman–Crippen LogP) is 5.46. The molecule has 1 aliphatic heterocycles. The van der Waals surface area contributed by atoms with Crippen LogP contribution >= 0.6 is 15.9 Å². The summed E-state index contributed by atoms with van der Waals surface area (Å²) in [5, 5.41) is 14.0. The first-order valence-electron chi connectivity index (χ1n) is 10.5. The van der Waals surface area contributed by atoms with Gasteiger partial charge in [0.1, 0.15) is 5.75 Å². The van der Waals surface area contributed by atoms with Crippen LogP contribution in [0.25, 0.3) is 0 Å². The van der Waals surface area contributed by atoms with Gasteiger partial charge < -0.3 is 10.4 Å². The second kappa shape index (κ2) is 8.39. The number of fused-ring (bicyclic) bond motifs is 3. The number of allylic oxidation sites excluding steroid dienone is 2. The Morgan fingerprint density at radius 3 is 2.66 bits per heavy atom. The summed E-state index contributed by atoms with van der Waals surface area (Å²) < 4.78 is 29.5. The number of halogens is 1. The third-order valence-electron chi connectivity index (χ3n) is 6.28. The van der Waals surface area contributed by atoms with Crippen LogP contribution in [0.5, 0.6) is 5.75 Å². The number of phenols is 1. The highest BCUT2D eigenvalue weighted by atomic mass is 79.9. The summed E-state index contributed by atoms with van der Waals surface area (Å²) in [4.78, 5) is 0.261. The largest absolute Gasteiger partial charge is 0.508 e. The molecule has 3 atom stereocenters. The fraction of sp³-hybridized carbons (Fsp3) is 0.200. The lowest BCUT2D eigenvalue weighted by atomic mass is 9.77. The van der Waals surface area contributed by atoms with E-state index in [2.05, 4.69) is 38.1 Å². The third kappa shape index (κ3) is 3.96. The summed E-state index contributed by atoms with van der Waals surface area (Å²) in [5.74, 6) is 0.529. The number of nitrogens with one attached hydrogen (secondary N) is 2. The molecule has 0 saturated heterocycles. The van der Waals surface area contributed by atoms with Gasteiger partial charge in [0.15, 0.2) is 0 Å². The standard InChI is InChI=1S/C25H23BrN2O3S/c26-17-9-12-24(29)22(13-17)25-20-8-4-7-19(20)21-14-18(10-11-23(21)28-25)32(30,31)27-15-16-5-2-1-3-6-16/h1-7,9-14,19-20,25,27-29H,8,15H2. The summed E-state index contributed by atoms with van der Waals surface area (Å²) in [6.07, 6.45) is 5.15. The number of hydrogen-bond acceptors (Lipinski definition) is 4. The van der Waals surface area contributed by atoms with Gasteiger partial charge in [-0.3, -0.25) is 0 Å². The van der Waals surface area contributed by atoms with Crippen molar-refractivity contribution in [2.24, 2.45) is 5.92 Å². The van der Waals surface area contributed by atoms with Crippen LogP contribution in [0.3, 0.4) is 0 Å². The zero-order valence-electron chi connectivity index (χ0n) is 17.2. The van der Waals surface area contributed by atoms with Crippen molar-refractivity contribution in [2.75, 3.05) is 5.32 Å². The Balaban J connectivity index is 1.46. The fourth-order valence-electron chi connectivity index (χ4n) is 4.68. The van der Waals surface area contributed by atoms with Crippen LogP contribution in [0.1, 0.15) is 35.1 Å². The van der Waals surface area contributed by atoms with E-state index in [0.29, 0.717) is 0 Å². The second-order valence-electron chi connectivity index (χ2n) is 8.24. The molecule has 0 radical (unpaired) electrons. The van der Waals surface area contributed by atoms with E-state index in [4.69, 9.17) is 0 Å². The van der Waals surface area contributed by atoms with Gasteiger partial charge in [-0.1, -0.05) is 58.4 Å². The maximum Gasteiger partial charge on any atom is 0.240 e. The number of benzene rings is 3. The molecule has 5 nitrogen and oxygen atoms in total. The fourth-order valence-corrected chi connectivity index (χ4v) is 6.11. The van der Waals surface area contributed by atoms with Gasteiger partial charge in [-0.2, -0.15) is 0 Å². The minimum absolute atomic E-state index is 0.0707. The average molecular weight is 511 g/mol. The van der Waals surface area contributed by atoms with Gasteiger partial charge in [0.2, 0.25) is 10.0 Å². The Morgan fingerprint density at radius 2 is 1.84 bits per heavy atom. The number of aromatic hydroxyl groups is 1. The van der Waals surface area contributed by atoms with Crippen molar-refractivity contribution in [1.82, 2.24) is 4.72 Å². The molecule has 2 aliphatic rings. The average Bonchev–Trinajstić information content (AvgIpc) is 3.30. The van der Waals surface area contributed by atoms with Gasteiger partial charge in [-0.15, -0.1) is 0 Å². The number of anilines is 1. The first-order valence-corrected chi connectivity index (χ1v) is 12.8. The van der Waals surface area contributed by atoms with Crippen molar-refractivity contribution in [3.05, 3.63) is 100 Å². The Labute approximate surface area is 196 Å². The third-order valence-corrected chi connectivity index (χ3v) is 8.17. The van der Waals surface area contributed by atoms with Crippen LogP contribution < -0.4 is 10.0 Å². The molecule has 1 heterocycles. The molecule has 0 fully saturated rings. The van der Waals surface area contributed by atoms with E-state index in [1.54, 1.807) is 18.2 Å². The van der Waals surface area contributed by atoms with E-state index in [9.17, 15) is 13.5 Å². The van der Waals surface area contributed by atoms with Gasteiger partial charge in [-0.25, -0.2) is 13.1 Å². The van der Waals surface area contributed by atoms with E-state index in [-0.39, 0.29) is 35.1 Å². The molecule has 0 aromatic heterocycles. The van der Waals surface area contributed by atoms with E-state index < -0.39 is 10.0 Å². The first-order chi connectivity index (χ1) is 15.4. The zero-order valence-corrected chi connectivity index (χ0v) is 19.6. The molecule has 0 spiro atoms. The summed E-state index contributed by atoms with van der Waals surface area (Å²) in [6, 6.07) is 20.1. The SMILES string of the molecule is O=S(=O)(NCc1ccccc1)c1ccc2c(c1)C1C=CCC1C(c1cc(Br)ccc1O)N2. The van der Waals surface area contributed by atoms with Crippen molar-refractivity contribution >= 4 is 31.6 Å². The van der Waals surface area contributed by atoms with Crippen LogP contribution in [0, 0.1) is 5.92 Å². The lowest BCUT2D eigenvalue weighted by Gasteiger charge is -2.38. The van der Waals surface area contributed by atoms with Crippen LogP contribution in [0.15, 0.2) is 88.3 Å². The van der Waals surface area contributed by atoms with Gasteiger partial charge >= 0.3 is 0 Å². The lowest BCUT2D eigenvalue weighted by molar-refractivity contribution is 0.402. The Bertz CT molecular complexity index is 1290. The molecular formula is C25H23BrN2O3S. The van der Waals surface area contributed by atoms with Crippen molar-refractivity contribution in [1.29, 1.82) is 0 Å². The Morgan fingerprint density at radius 1 is 1.03 bits per heavy atom. The minimum Gasteiger partial charge on any atom is -0.508 e. The number of sulfonamides is 1. The highest BCUT2D eigenvalue weighted by Gasteiger charge is 2.39. The molecule has 32 heavy (non-hydrogen) atoms. The van der Waals surface area contributed by atoms with Gasteiger partial charge in [0, 0.05) is 28.2 Å². The molecule has 7 heteroatoms. The summed E-state index contributed by atoms with van der Waals surface area (Å²) in [6.45, 7) is 0.245. The van der Waals surface area contributed by atoms with Crippen molar-refractivity contribution in [3.8, 4) is 5.75 Å². The minimum atomic E-state index is -3.65. The van der Waals surface area contributed by atoms with Crippen LogP contribution in [0.4, 0.5) is 5.69 Å². The van der Waals surface area contributed by atoms with Crippen LogP contribution in [0.2, 0.25) is 0 Å². The topological polar surface area (TPSA) is 78.4 Å². The molecular weight excluding hydrogens is 488 g/mol. The highest BCUT2D eigenvalue weighted by molar-refractivity contribution is 9.10. The number of rotatable bonds is 5. The summed E-state index contributed by atoms with van der Waals surface area (Å²) in [5.41, 5.74) is 3.61. The Hall–Kier alpha value is -2.61. The van der Waals surface area contributed by atoms with E-state index in [1.807, 2.05) is 48.5 Å². The maximum atomic E-state index is 13.0. The molecule has 0 saturated carbocycles. The Kier molecular flexibility index (Phi) is 5.57. The quantitative estimate of drug-likeness (QED) is 0.398.